The number of hydrogen-bond acceptors (Lipinski definition) is 6. The van der Waals surface area contributed by atoms with E-state index < -0.39 is 9.84 Å². The molecule has 0 spiro atoms. The van der Waals surface area contributed by atoms with E-state index >= 15 is 0 Å². The lowest BCUT2D eigenvalue weighted by Gasteiger charge is -2.12. The Kier molecular flexibility index (Phi) is 6.95. The summed E-state index contributed by atoms with van der Waals surface area (Å²) < 4.78 is 23.3. The van der Waals surface area contributed by atoms with Crippen LogP contribution in [0.3, 0.4) is 0 Å². The Morgan fingerprint density at radius 2 is 1.97 bits per heavy atom. The number of carbonyl (C=O) groups excluding carboxylic acids is 1. The van der Waals surface area contributed by atoms with Crippen LogP contribution in [0, 0.1) is 0 Å². The van der Waals surface area contributed by atoms with Gasteiger partial charge in [0.05, 0.1) is 17.9 Å². The van der Waals surface area contributed by atoms with Crippen molar-refractivity contribution < 1.29 is 13.2 Å². The van der Waals surface area contributed by atoms with Crippen LogP contribution in [0.2, 0.25) is 0 Å². The predicted molar refractivity (Wildman–Crippen MR) is 121 cm³/mol. The fourth-order valence-electron chi connectivity index (χ4n) is 3.01. The molecule has 3 aromatic rings. The molecule has 0 unspecified atom stereocenters. The van der Waals surface area contributed by atoms with E-state index in [1.54, 1.807) is 23.6 Å². The first-order chi connectivity index (χ1) is 14.3. The third kappa shape index (κ3) is 5.49. The van der Waals surface area contributed by atoms with E-state index in [4.69, 9.17) is 0 Å². The van der Waals surface area contributed by atoms with E-state index in [9.17, 15) is 13.2 Å². The number of benzene rings is 1. The fraction of sp³-hybridized carbons (Fsp3) is 0.261. The molecule has 1 atom stereocenters. The molecule has 0 saturated heterocycles. The van der Waals surface area contributed by atoms with Crippen molar-refractivity contribution >= 4 is 27.0 Å². The number of ketones is 1. The van der Waals surface area contributed by atoms with Gasteiger partial charge in [0.2, 0.25) is 0 Å². The van der Waals surface area contributed by atoms with Crippen LogP contribution in [0.5, 0.6) is 0 Å². The highest BCUT2D eigenvalue weighted by molar-refractivity contribution is 7.93. The van der Waals surface area contributed by atoms with Gasteiger partial charge in [0.15, 0.2) is 9.84 Å². The minimum atomic E-state index is -3.34. The van der Waals surface area contributed by atoms with E-state index in [1.165, 1.54) is 4.88 Å². The highest BCUT2D eigenvalue weighted by atomic mass is 32.2. The van der Waals surface area contributed by atoms with Crippen LogP contribution in [0.25, 0.3) is 11.1 Å². The molecular formula is C23H24N2O3S2. The number of hydrogen-bond donors (Lipinski definition) is 0. The number of thiazole rings is 1. The van der Waals surface area contributed by atoms with Crippen LogP contribution in [0.1, 0.15) is 40.9 Å². The molecule has 0 aliphatic heterocycles. The lowest BCUT2D eigenvalue weighted by Crippen LogP contribution is -2.12. The van der Waals surface area contributed by atoms with Gasteiger partial charge in [-0.3, -0.25) is 9.78 Å². The highest BCUT2D eigenvalue weighted by Crippen LogP contribution is 2.26. The molecule has 0 bridgehead atoms. The monoisotopic (exact) mass is 440 g/mol. The van der Waals surface area contributed by atoms with Crippen molar-refractivity contribution in [2.75, 3.05) is 0 Å². The summed E-state index contributed by atoms with van der Waals surface area (Å²) in [5.41, 5.74) is 3.19. The van der Waals surface area contributed by atoms with Crippen molar-refractivity contribution in [3.63, 3.8) is 0 Å². The molecule has 0 aliphatic carbocycles. The smallest absolute Gasteiger partial charge is 0.176 e. The van der Waals surface area contributed by atoms with Gasteiger partial charge in [0.1, 0.15) is 10.8 Å². The number of aryl methyl sites for hydroxylation is 1. The van der Waals surface area contributed by atoms with Crippen LogP contribution in [0.4, 0.5) is 0 Å². The van der Waals surface area contributed by atoms with E-state index in [0.29, 0.717) is 12.1 Å². The first-order valence-electron chi connectivity index (χ1n) is 9.68. The van der Waals surface area contributed by atoms with Crippen molar-refractivity contribution in [1.82, 2.24) is 9.97 Å². The molecule has 2 heterocycles. The van der Waals surface area contributed by atoms with Crippen LogP contribution >= 0.6 is 11.3 Å². The SMILES string of the molecule is C=CS(=O)(=O)Cc1ccc(-c2cccc([C@H](C)C(=O)Cc3ncc(CC)s3)c2)cn1. The maximum Gasteiger partial charge on any atom is 0.176 e. The van der Waals surface area contributed by atoms with Gasteiger partial charge < -0.3 is 0 Å². The number of carbonyl (C=O) groups is 1. The molecule has 3 rings (SSSR count). The highest BCUT2D eigenvalue weighted by Gasteiger charge is 2.18. The topological polar surface area (TPSA) is 77.0 Å². The zero-order valence-corrected chi connectivity index (χ0v) is 18.7. The number of pyridine rings is 1. The van der Waals surface area contributed by atoms with Crippen molar-refractivity contribution in [1.29, 1.82) is 0 Å². The van der Waals surface area contributed by atoms with Crippen molar-refractivity contribution in [3.05, 3.63) is 81.9 Å². The summed E-state index contributed by atoms with van der Waals surface area (Å²) in [5, 5.41) is 1.80. The average molecular weight is 441 g/mol. The van der Waals surface area contributed by atoms with Gasteiger partial charge in [-0.15, -0.1) is 11.3 Å². The van der Waals surface area contributed by atoms with Gasteiger partial charge in [-0.1, -0.05) is 50.8 Å². The Morgan fingerprint density at radius 1 is 1.17 bits per heavy atom. The first kappa shape index (κ1) is 22.1. The van der Waals surface area contributed by atoms with Crippen LogP contribution in [-0.4, -0.2) is 24.2 Å². The summed E-state index contributed by atoms with van der Waals surface area (Å²) in [6.07, 6.45) is 4.76. The van der Waals surface area contributed by atoms with Gasteiger partial charge in [-0.2, -0.15) is 0 Å². The summed E-state index contributed by atoms with van der Waals surface area (Å²) in [6, 6.07) is 11.3. The zero-order chi connectivity index (χ0) is 21.7. The lowest BCUT2D eigenvalue weighted by molar-refractivity contribution is -0.119. The number of rotatable bonds is 9. The van der Waals surface area contributed by atoms with Gasteiger partial charge in [0, 0.05) is 34.2 Å². The third-order valence-corrected chi connectivity index (χ3v) is 7.25. The molecule has 7 heteroatoms. The Bertz CT molecular complexity index is 1150. The zero-order valence-electron chi connectivity index (χ0n) is 17.0. The number of Topliss-reactive ketones (excluding diaryl/α,β-unsaturated/α-hetero) is 1. The number of nitrogens with zero attached hydrogens (tertiary/aromatic N) is 2. The average Bonchev–Trinajstić information content (AvgIpc) is 3.21. The van der Waals surface area contributed by atoms with Gasteiger partial charge in [-0.25, -0.2) is 13.4 Å². The second-order valence-corrected chi connectivity index (χ2v) is 10.2. The van der Waals surface area contributed by atoms with Gasteiger partial charge >= 0.3 is 0 Å². The Labute approximate surface area is 181 Å². The van der Waals surface area contributed by atoms with E-state index in [1.807, 2.05) is 43.5 Å². The molecule has 30 heavy (non-hydrogen) atoms. The molecule has 2 aromatic heterocycles. The fourth-order valence-corrected chi connectivity index (χ4v) is 4.59. The maximum absolute atomic E-state index is 12.8. The molecule has 0 fully saturated rings. The van der Waals surface area contributed by atoms with E-state index in [-0.39, 0.29) is 17.5 Å². The third-order valence-electron chi connectivity index (χ3n) is 4.91. The maximum atomic E-state index is 12.8. The molecule has 0 amide bonds. The summed E-state index contributed by atoms with van der Waals surface area (Å²) in [4.78, 5) is 22.5. The summed E-state index contributed by atoms with van der Waals surface area (Å²) in [5.74, 6) is -0.282. The van der Waals surface area contributed by atoms with Crippen LogP contribution in [0.15, 0.2) is 60.8 Å². The standard InChI is InChI=1S/C23H24N2O3S2/c1-4-21-14-25-23(29-21)12-22(26)16(3)17-7-6-8-18(11-17)19-9-10-20(24-13-19)15-30(27,28)5-2/h5-11,13-14,16H,2,4,12,15H2,1,3H3/t16-/m0/s1. The molecule has 1 aromatic carbocycles. The molecule has 0 radical (unpaired) electrons. The molecule has 0 N–H and O–H groups in total. The second-order valence-electron chi connectivity index (χ2n) is 7.08. The summed E-state index contributed by atoms with van der Waals surface area (Å²) in [6.45, 7) is 7.31. The minimum absolute atomic E-state index is 0.132. The normalized spacial score (nSPS) is 12.5. The molecular weight excluding hydrogens is 416 g/mol. The van der Waals surface area contributed by atoms with Crippen molar-refractivity contribution in [2.45, 2.75) is 38.4 Å². The van der Waals surface area contributed by atoms with Crippen molar-refractivity contribution in [2.24, 2.45) is 0 Å². The largest absolute Gasteiger partial charge is 0.299 e. The number of sulfone groups is 1. The van der Waals surface area contributed by atoms with Crippen LogP contribution < -0.4 is 0 Å². The summed E-state index contributed by atoms with van der Waals surface area (Å²) in [7, 11) is -3.34. The molecule has 5 nitrogen and oxygen atoms in total. The first-order valence-corrected chi connectivity index (χ1v) is 12.2. The summed E-state index contributed by atoms with van der Waals surface area (Å²) >= 11 is 1.59. The lowest BCUT2D eigenvalue weighted by atomic mass is 9.92. The molecule has 0 aliphatic rings. The molecule has 0 saturated carbocycles. The minimum Gasteiger partial charge on any atom is -0.299 e. The predicted octanol–water partition coefficient (Wildman–Crippen LogP) is 4.74. The second kappa shape index (κ2) is 9.45. The van der Waals surface area contributed by atoms with Gasteiger partial charge in [0.25, 0.3) is 0 Å². The van der Waals surface area contributed by atoms with E-state index in [0.717, 1.165) is 33.5 Å². The van der Waals surface area contributed by atoms with Gasteiger partial charge in [-0.05, 0) is 23.6 Å². The number of aromatic nitrogens is 2. The molecule has 156 valence electrons. The quantitative estimate of drug-likeness (QED) is 0.480. The van der Waals surface area contributed by atoms with Crippen LogP contribution in [-0.2, 0) is 33.2 Å². The van der Waals surface area contributed by atoms with Crippen molar-refractivity contribution in [3.8, 4) is 11.1 Å². The Balaban J connectivity index is 1.75. The Morgan fingerprint density at radius 3 is 2.60 bits per heavy atom. The van der Waals surface area contributed by atoms with E-state index in [2.05, 4.69) is 23.5 Å². The Hall–Kier alpha value is -2.64.